The number of carbonyl (C=O) groups excluding carboxylic acids is 3. The van der Waals surface area contributed by atoms with Gasteiger partial charge in [-0.2, -0.15) is 13.2 Å². The first kappa shape index (κ1) is 22.6. The molecular formula is C22H19F3N2O3S. The van der Waals surface area contributed by atoms with Gasteiger partial charge in [0.1, 0.15) is 0 Å². The molecule has 0 aliphatic carbocycles. The highest BCUT2D eigenvalue weighted by atomic mass is 32.2. The van der Waals surface area contributed by atoms with E-state index >= 15 is 0 Å². The zero-order valence-corrected chi connectivity index (χ0v) is 17.3. The largest absolute Gasteiger partial charge is 0.416 e. The average Bonchev–Trinajstić information content (AvgIpc) is 3.01. The molecule has 1 fully saturated rings. The minimum Gasteiger partial charge on any atom is -0.352 e. The number of imide groups is 1. The lowest BCUT2D eigenvalue weighted by Crippen LogP contribution is -2.28. The van der Waals surface area contributed by atoms with Crippen molar-refractivity contribution in [3.63, 3.8) is 0 Å². The molecule has 0 atom stereocenters. The summed E-state index contributed by atoms with van der Waals surface area (Å²) < 4.78 is 38.9. The van der Waals surface area contributed by atoms with E-state index in [1.165, 1.54) is 12.1 Å². The minimum atomic E-state index is -4.59. The first-order chi connectivity index (χ1) is 14.7. The number of nitrogens with zero attached hydrogens (tertiary/aromatic N) is 1. The lowest BCUT2D eigenvalue weighted by molar-refractivity contribution is -0.137. The maximum absolute atomic E-state index is 13.0. The fraction of sp³-hybridized carbons (Fsp3) is 0.227. The van der Waals surface area contributed by atoms with E-state index in [4.69, 9.17) is 0 Å². The third kappa shape index (κ3) is 5.35. The molecule has 0 radical (unpaired) electrons. The second-order valence-corrected chi connectivity index (χ2v) is 7.79. The van der Waals surface area contributed by atoms with Gasteiger partial charge in [-0.05, 0) is 60.2 Å². The molecule has 1 aliphatic rings. The molecule has 3 rings (SSSR count). The van der Waals surface area contributed by atoms with E-state index in [0.29, 0.717) is 29.4 Å². The van der Waals surface area contributed by atoms with Crippen LogP contribution in [-0.2, 0) is 11.0 Å². The summed E-state index contributed by atoms with van der Waals surface area (Å²) in [5.41, 5.74) is -0.0365. The summed E-state index contributed by atoms with van der Waals surface area (Å²) in [4.78, 5) is 37.8. The van der Waals surface area contributed by atoms with Gasteiger partial charge in [0.2, 0.25) is 0 Å². The van der Waals surface area contributed by atoms with Gasteiger partial charge in [-0.1, -0.05) is 31.5 Å². The topological polar surface area (TPSA) is 66.5 Å². The van der Waals surface area contributed by atoms with Crippen molar-refractivity contribution in [2.45, 2.75) is 25.9 Å². The Morgan fingerprint density at radius 2 is 1.84 bits per heavy atom. The van der Waals surface area contributed by atoms with Crippen molar-refractivity contribution in [3.05, 3.63) is 70.1 Å². The Kier molecular flexibility index (Phi) is 6.84. The molecule has 1 heterocycles. The van der Waals surface area contributed by atoms with Gasteiger partial charge < -0.3 is 5.32 Å². The molecule has 0 unspecified atom stereocenters. The Hall–Kier alpha value is -3.07. The summed E-state index contributed by atoms with van der Waals surface area (Å²) in [6.07, 6.45) is -1.27. The number of carbonyl (C=O) groups is 3. The zero-order valence-electron chi connectivity index (χ0n) is 16.5. The first-order valence-electron chi connectivity index (χ1n) is 9.54. The highest BCUT2D eigenvalue weighted by Gasteiger charge is 2.38. The van der Waals surface area contributed by atoms with Crippen LogP contribution < -0.4 is 10.2 Å². The maximum atomic E-state index is 13.0. The van der Waals surface area contributed by atoms with Crippen LogP contribution in [0.5, 0.6) is 0 Å². The van der Waals surface area contributed by atoms with Gasteiger partial charge in [-0.25, -0.2) is 4.90 Å². The predicted octanol–water partition coefficient (Wildman–Crippen LogP) is 5.48. The number of amides is 3. The van der Waals surface area contributed by atoms with Crippen LogP contribution in [0.2, 0.25) is 0 Å². The quantitative estimate of drug-likeness (QED) is 0.470. The van der Waals surface area contributed by atoms with E-state index < -0.39 is 22.9 Å². The number of nitrogens with one attached hydrogen (secondary N) is 1. The number of thioether (sulfide) groups is 1. The third-order valence-corrected chi connectivity index (χ3v) is 5.38. The molecule has 0 saturated carbocycles. The lowest BCUT2D eigenvalue weighted by atomic mass is 10.1. The molecule has 1 saturated heterocycles. The van der Waals surface area contributed by atoms with Crippen molar-refractivity contribution in [3.8, 4) is 0 Å². The molecule has 1 N–H and O–H groups in total. The van der Waals surface area contributed by atoms with E-state index in [0.717, 1.165) is 35.9 Å². The fourth-order valence-electron chi connectivity index (χ4n) is 2.87. The van der Waals surface area contributed by atoms with Crippen molar-refractivity contribution >= 4 is 40.6 Å². The maximum Gasteiger partial charge on any atom is 0.416 e. The molecule has 2 aromatic rings. The first-order valence-corrected chi connectivity index (χ1v) is 10.4. The molecule has 162 valence electrons. The number of hydrogen-bond acceptors (Lipinski definition) is 4. The number of alkyl halides is 3. The second kappa shape index (κ2) is 9.38. The normalized spacial score (nSPS) is 15.6. The van der Waals surface area contributed by atoms with Crippen LogP contribution in [0.25, 0.3) is 6.08 Å². The van der Waals surface area contributed by atoms with E-state index in [1.807, 2.05) is 6.92 Å². The third-order valence-electron chi connectivity index (χ3n) is 4.51. The average molecular weight is 448 g/mol. The van der Waals surface area contributed by atoms with Gasteiger partial charge in [-0.15, -0.1) is 0 Å². The summed E-state index contributed by atoms with van der Waals surface area (Å²) in [5, 5.41) is 2.12. The van der Waals surface area contributed by atoms with Gasteiger partial charge in [-0.3, -0.25) is 14.4 Å². The van der Waals surface area contributed by atoms with Crippen molar-refractivity contribution in [2.75, 3.05) is 11.4 Å². The summed E-state index contributed by atoms with van der Waals surface area (Å²) >= 11 is 0.647. The molecular weight excluding hydrogens is 429 g/mol. The Bertz CT molecular complexity index is 1030. The van der Waals surface area contributed by atoms with Crippen LogP contribution in [0.4, 0.5) is 23.7 Å². The van der Waals surface area contributed by atoms with Gasteiger partial charge >= 0.3 is 6.18 Å². The van der Waals surface area contributed by atoms with Crippen LogP contribution >= 0.6 is 11.8 Å². The van der Waals surface area contributed by atoms with E-state index in [1.54, 1.807) is 24.3 Å². The number of rotatable bonds is 6. The van der Waals surface area contributed by atoms with Gasteiger partial charge in [0.25, 0.3) is 17.1 Å². The number of hydrogen-bond donors (Lipinski definition) is 1. The van der Waals surface area contributed by atoms with Crippen molar-refractivity contribution < 1.29 is 27.6 Å². The van der Waals surface area contributed by atoms with E-state index in [9.17, 15) is 27.6 Å². The fourth-order valence-corrected chi connectivity index (χ4v) is 3.72. The molecule has 3 amide bonds. The molecule has 0 aromatic heterocycles. The van der Waals surface area contributed by atoms with Crippen LogP contribution in [-0.4, -0.2) is 23.6 Å². The van der Waals surface area contributed by atoms with Crippen LogP contribution in [0.15, 0.2) is 53.4 Å². The van der Waals surface area contributed by atoms with Crippen molar-refractivity contribution in [1.29, 1.82) is 0 Å². The van der Waals surface area contributed by atoms with E-state index in [2.05, 4.69) is 5.32 Å². The Labute approximate surface area is 181 Å². The minimum absolute atomic E-state index is 0.0857. The molecule has 0 bridgehead atoms. The number of benzene rings is 2. The summed E-state index contributed by atoms with van der Waals surface area (Å²) in [7, 11) is 0. The molecule has 1 aliphatic heterocycles. The standard InChI is InChI=1S/C22H19F3N2O3S/c1-2-3-11-26-19(28)15-9-7-14(8-10-15)12-18-20(29)27(21(30)31-18)17-6-4-5-16(13-17)22(23,24)25/h4-10,12-13H,2-3,11H2,1H3,(H,26,28)/b18-12-. The van der Waals surface area contributed by atoms with Crippen LogP contribution in [0.1, 0.15) is 41.3 Å². The lowest BCUT2D eigenvalue weighted by Gasteiger charge is -2.14. The summed E-state index contributed by atoms with van der Waals surface area (Å²) in [6.45, 7) is 2.61. The molecule has 0 spiro atoms. The highest BCUT2D eigenvalue weighted by Crippen LogP contribution is 2.38. The predicted molar refractivity (Wildman–Crippen MR) is 114 cm³/mol. The van der Waals surface area contributed by atoms with Gasteiger partial charge in [0.15, 0.2) is 0 Å². The SMILES string of the molecule is CCCCNC(=O)c1ccc(/C=C2\SC(=O)N(c3cccc(C(F)(F)F)c3)C2=O)cc1. The number of halogens is 3. The van der Waals surface area contributed by atoms with Crippen LogP contribution in [0.3, 0.4) is 0 Å². The Balaban J connectivity index is 1.77. The molecule has 2 aromatic carbocycles. The Morgan fingerprint density at radius 3 is 2.48 bits per heavy atom. The van der Waals surface area contributed by atoms with Crippen molar-refractivity contribution in [2.24, 2.45) is 0 Å². The molecule has 31 heavy (non-hydrogen) atoms. The zero-order chi connectivity index (χ0) is 22.6. The number of unbranched alkanes of at least 4 members (excludes halogenated alkanes) is 1. The highest BCUT2D eigenvalue weighted by molar-refractivity contribution is 8.19. The summed E-state index contributed by atoms with van der Waals surface area (Å²) in [5.74, 6) is -0.902. The van der Waals surface area contributed by atoms with E-state index in [-0.39, 0.29) is 16.5 Å². The van der Waals surface area contributed by atoms with Crippen LogP contribution in [0, 0.1) is 0 Å². The smallest absolute Gasteiger partial charge is 0.352 e. The molecule has 9 heteroatoms. The number of anilines is 1. The van der Waals surface area contributed by atoms with Crippen molar-refractivity contribution in [1.82, 2.24) is 5.32 Å². The molecule has 5 nitrogen and oxygen atoms in total. The second-order valence-electron chi connectivity index (χ2n) is 6.80. The monoisotopic (exact) mass is 448 g/mol. The van der Waals surface area contributed by atoms with Gasteiger partial charge in [0, 0.05) is 12.1 Å². The Morgan fingerprint density at radius 1 is 1.13 bits per heavy atom. The van der Waals surface area contributed by atoms with Gasteiger partial charge in [0.05, 0.1) is 16.2 Å². The summed E-state index contributed by atoms with van der Waals surface area (Å²) in [6, 6.07) is 10.5.